The number of amides is 4. The van der Waals surface area contributed by atoms with Gasteiger partial charge in [-0.15, -0.1) is 0 Å². The molecule has 5 atom stereocenters. The number of imidazole rings is 2. The van der Waals surface area contributed by atoms with E-state index in [1.165, 1.54) is 14.2 Å². The number of alkyl carbamates (subject to hydrolysis) is 2. The molecule has 0 bridgehead atoms. The number of likely N-dealkylation sites (tertiary alicyclic amines) is 1. The van der Waals surface area contributed by atoms with Gasteiger partial charge in [0.1, 0.15) is 29.5 Å². The van der Waals surface area contributed by atoms with Crippen molar-refractivity contribution >= 4 is 24.0 Å². The molecule has 4 aromatic rings. The summed E-state index contributed by atoms with van der Waals surface area (Å²) in [5.41, 5.74) is 6.60. The molecule has 4 heterocycles. The first-order chi connectivity index (χ1) is 27.9. The molecule has 4 amide bonds. The lowest BCUT2D eigenvalue weighted by atomic mass is 9.99. The first-order valence-electron chi connectivity index (χ1n) is 20.3. The molecule has 0 radical (unpaired) electrons. The zero-order valence-electron chi connectivity index (χ0n) is 34.0. The Morgan fingerprint density at radius 3 is 2.22 bits per heavy atom. The van der Waals surface area contributed by atoms with E-state index in [0.717, 1.165) is 88.8 Å². The van der Waals surface area contributed by atoms with Crippen molar-refractivity contribution in [2.45, 2.75) is 96.3 Å². The van der Waals surface area contributed by atoms with E-state index in [1.807, 2.05) is 44.9 Å². The number of rotatable bonds is 11. The highest BCUT2D eigenvalue weighted by Crippen LogP contribution is 2.40. The van der Waals surface area contributed by atoms with E-state index in [2.05, 4.69) is 62.3 Å². The molecule has 58 heavy (non-hydrogen) atoms. The Hall–Kier alpha value is -5.86. The molecule has 2 fully saturated rings. The first-order valence-corrected chi connectivity index (χ1v) is 20.3. The van der Waals surface area contributed by atoms with E-state index in [0.29, 0.717) is 19.6 Å². The largest absolute Gasteiger partial charge is 0.492 e. The number of carbonyl (C=O) groups excluding carboxylic acids is 4. The van der Waals surface area contributed by atoms with Crippen molar-refractivity contribution in [1.29, 1.82) is 0 Å². The van der Waals surface area contributed by atoms with Crippen molar-refractivity contribution in [1.82, 2.24) is 40.8 Å². The Kier molecular flexibility index (Phi) is 12.1. The van der Waals surface area contributed by atoms with E-state index < -0.39 is 24.3 Å². The summed E-state index contributed by atoms with van der Waals surface area (Å²) in [5, 5.41) is 8.53. The van der Waals surface area contributed by atoms with Gasteiger partial charge in [-0.25, -0.2) is 19.6 Å². The number of hydrogen-bond donors (Lipinski definition) is 5. The van der Waals surface area contributed by atoms with Crippen LogP contribution < -0.4 is 20.7 Å². The third kappa shape index (κ3) is 8.39. The number of fused-ring (bicyclic) bond motifs is 3. The molecule has 7 rings (SSSR count). The summed E-state index contributed by atoms with van der Waals surface area (Å²) in [6, 6.07) is 12.7. The highest BCUT2D eigenvalue weighted by atomic mass is 16.5. The first kappa shape index (κ1) is 40.3. The van der Waals surface area contributed by atoms with Crippen LogP contribution in [0.15, 0.2) is 48.7 Å². The lowest BCUT2D eigenvalue weighted by Gasteiger charge is -2.30. The van der Waals surface area contributed by atoms with Crippen LogP contribution in [0.1, 0.15) is 89.1 Å². The molecule has 3 aliphatic rings. The second kappa shape index (κ2) is 17.3. The average Bonchev–Trinajstić information content (AvgIpc) is 4.05. The van der Waals surface area contributed by atoms with Gasteiger partial charge < -0.3 is 45.0 Å². The summed E-state index contributed by atoms with van der Waals surface area (Å²) in [4.78, 5) is 69.5. The number of aromatic amines is 2. The second-order valence-corrected chi connectivity index (χ2v) is 16.1. The van der Waals surface area contributed by atoms with Crippen LogP contribution in [0.4, 0.5) is 9.59 Å². The molecule has 2 aromatic carbocycles. The fraction of sp³-hybridized carbons (Fsp3) is 0.488. The third-order valence-corrected chi connectivity index (χ3v) is 11.6. The highest BCUT2D eigenvalue weighted by molar-refractivity contribution is 5.87. The maximum Gasteiger partial charge on any atom is 0.407 e. The van der Waals surface area contributed by atoms with Gasteiger partial charge in [0.15, 0.2) is 0 Å². The number of nitrogens with one attached hydrogen (secondary N) is 5. The number of ether oxygens (including phenoxy) is 3. The second-order valence-electron chi connectivity index (χ2n) is 16.1. The van der Waals surface area contributed by atoms with Gasteiger partial charge in [0.05, 0.1) is 44.5 Å². The molecule has 1 saturated heterocycles. The van der Waals surface area contributed by atoms with Gasteiger partial charge in [-0.3, -0.25) is 9.59 Å². The average molecular weight is 795 g/mol. The highest BCUT2D eigenvalue weighted by Gasteiger charge is 2.39. The van der Waals surface area contributed by atoms with Gasteiger partial charge in [0, 0.05) is 36.2 Å². The third-order valence-electron chi connectivity index (χ3n) is 11.6. The van der Waals surface area contributed by atoms with Gasteiger partial charge in [-0.1, -0.05) is 64.4 Å². The van der Waals surface area contributed by atoms with Gasteiger partial charge in [0.2, 0.25) is 11.8 Å². The molecule has 15 heteroatoms. The Balaban J connectivity index is 1.04. The van der Waals surface area contributed by atoms with Crippen LogP contribution in [-0.2, 0) is 25.5 Å². The molecule has 2 aliphatic heterocycles. The smallest absolute Gasteiger partial charge is 0.407 e. The quantitative estimate of drug-likeness (QED) is 0.117. The van der Waals surface area contributed by atoms with Crippen molar-refractivity contribution in [2.24, 2.45) is 11.8 Å². The van der Waals surface area contributed by atoms with Crippen molar-refractivity contribution in [3.05, 3.63) is 66.0 Å². The van der Waals surface area contributed by atoms with E-state index in [4.69, 9.17) is 24.2 Å². The summed E-state index contributed by atoms with van der Waals surface area (Å²) in [7, 11) is 2.58. The van der Waals surface area contributed by atoms with Gasteiger partial charge in [0.25, 0.3) is 0 Å². The zero-order chi connectivity index (χ0) is 41.1. The van der Waals surface area contributed by atoms with Gasteiger partial charge >= 0.3 is 12.2 Å². The normalized spacial score (nSPS) is 19.7. The molecule has 5 N–H and O–H groups in total. The Morgan fingerprint density at radius 1 is 0.828 bits per heavy atom. The lowest BCUT2D eigenvalue weighted by Crippen LogP contribution is -2.52. The molecule has 308 valence electrons. The number of aromatic nitrogens is 4. The zero-order valence-corrected chi connectivity index (χ0v) is 34.0. The van der Waals surface area contributed by atoms with Crippen molar-refractivity contribution in [2.75, 3.05) is 27.4 Å². The molecule has 15 nitrogen and oxygen atoms in total. The standard InChI is InChI=1S/C43H54N8O7/c1-23(2)35(49-42(54)56-5)40(52)47-30-10-7-9-28(30)38-44-22-32(46-38)26-14-12-25(13-15-26)27-16-17-29-34(21-27)58-20-18-31-37(29)48-39(45-31)33-11-8-19-51(33)41(53)36(24(3)4)50-43(55)57-6/h12-17,21-24,28,30,33,35-36H,7-11,18-20H2,1-6H3,(H,44,46)(H,45,48)(H,47,52)(H,49,54)(H,50,55)/t28-,30-,33-,35-,36-/m0/s1. The van der Waals surface area contributed by atoms with Crippen LogP contribution in [0, 0.1) is 11.8 Å². The molecular weight excluding hydrogens is 741 g/mol. The van der Waals surface area contributed by atoms with Crippen molar-refractivity contribution < 1.29 is 33.4 Å². The maximum atomic E-state index is 13.7. The fourth-order valence-electron chi connectivity index (χ4n) is 8.43. The van der Waals surface area contributed by atoms with Crippen LogP contribution in [0.2, 0.25) is 0 Å². The van der Waals surface area contributed by atoms with E-state index in [-0.39, 0.29) is 41.7 Å². The van der Waals surface area contributed by atoms with Crippen LogP contribution >= 0.6 is 0 Å². The topological polar surface area (TPSA) is 193 Å². The molecule has 1 aliphatic carbocycles. The number of H-pyrrole nitrogens is 2. The van der Waals surface area contributed by atoms with Gasteiger partial charge in [-0.05, 0) is 66.3 Å². The Labute approximate surface area is 338 Å². The summed E-state index contributed by atoms with van der Waals surface area (Å²) in [6.45, 7) is 8.65. The molecule has 1 saturated carbocycles. The summed E-state index contributed by atoms with van der Waals surface area (Å²) in [6.07, 6.45) is 5.52. The number of benzene rings is 2. The van der Waals surface area contributed by atoms with Crippen LogP contribution in [-0.4, -0.2) is 94.3 Å². The Morgan fingerprint density at radius 2 is 1.52 bits per heavy atom. The molecule has 0 spiro atoms. The summed E-state index contributed by atoms with van der Waals surface area (Å²) < 4.78 is 15.8. The van der Waals surface area contributed by atoms with Crippen LogP contribution in [0.5, 0.6) is 5.75 Å². The number of hydrogen-bond acceptors (Lipinski definition) is 9. The van der Waals surface area contributed by atoms with Crippen molar-refractivity contribution in [3.63, 3.8) is 0 Å². The van der Waals surface area contributed by atoms with E-state index in [1.54, 1.807) is 0 Å². The van der Waals surface area contributed by atoms with E-state index >= 15 is 0 Å². The lowest BCUT2D eigenvalue weighted by molar-refractivity contribution is -0.135. The van der Waals surface area contributed by atoms with Crippen LogP contribution in [0.25, 0.3) is 33.6 Å². The molecule has 2 aromatic heterocycles. The molecular formula is C43H54N8O7. The Bertz CT molecular complexity index is 2130. The fourth-order valence-corrected chi connectivity index (χ4v) is 8.43. The number of methoxy groups -OCH3 is 2. The summed E-state index contributed by atoms with van der Waals surface area (Å²) >= 11 is 0. The summed E-state index contributed by atoms with van der Waals surface area (Å²) in [5.74, 6) is 1.76. The molecule has 0 unspecified atom stereocenters. The minimum absolute atomic E-state index is 0.0285. The maximum absolute atomic E-state index is 13.7. The van der Waals surface area contributed by atoms with Crippen LogP contribution in [0.3, 0.4) is 0 Å². The minimum Gasteiger partial charge on any atom is -0.492 e. The van der Waals surface area contributed by atoms with Gasteiger partial charge in [-0.2, -0.15) is 0 Å². The van der Waals surface area contributed by atoms with E-state index in [9.17, 15) is 19.2 Å². The number of carbonyl (C=O) groups is 4. The predicted molar refractivity (Wildman–Crippen MR) is 217 cm³/mol. The predicted octanol–water partition coefficient (Wildman–Crippen LogP) is 6.25. The SMILES string of the molecule is COC(=O)N[C@H](C(=O)N[C@H]1CCC[C@@H]1c1ncc(-c2ccc(-c3ccc4c(c3)OCCc3[nH]c([C@@H]5CCCN5C(=O)[C@@H](NC(=O)OC)C(C)C)nc3-4)cc2)[nH]1)C(C)C. The number of nitrogens with zero attached hydrogens (tertiary/aromatic N) is 3. The van der Waals surface area contributed by atoms with Crippen molar-refractivity contribution in [3.8, 4) is 39.4 Å². The monoisotopic (exact) mass is 794 g/mol. The minimum atomic E-state index is -0.701.